The summed E-state index contributed by atoms with van der Waals surface area (Å²) in [7, 11) is 0. The van der Waals surface area contributed by atoms with E-state index in [-0.39, 0.29) is 0 Å². The molecule has 0 N–H and O–H groups in total. The summed E-state index contributed by atoms with van der Waals surface area (Å²) in [6.45, 7) is 0. The van der Waals surface area contributed by atoms with Crippen LogP contribution in [0.1, 0.15) is 33.4 Å². The maximum Gasteiger partial charge on any atom is 0.0998 e. The highest BCUT2D eigenvalue weighted by atomic mass is 14.5. The lowest BCUT2D eigenvalue weighted by Crippen LogP contribution is -2.26. The first-order chi connectivity index (χ1) is 20.3. The van der Waals surface area contributed by atoms with Gasteiger partial charge in [0, 0.05) is 0 Å². The number of nitrogens with zero attached hydrogens (tertiary/aromatic N) is 2. The third-order valence-electron chi connectivity index (χ3n) is 8.81. The lowest BCUT2D eigenvalue weighted by atomic mass is 9.70. The molecule has 0 heterocycles. The molecule has 0 radical (unpaired) electrons. The lowest BCUT2D eigenvalue weighted by molar-refractivity contribution is 0.794. The summed E-state index contributed by atoms with van der Waals surface area (Å²) < 4.78 is 0. The Balaban J connectivity index is 1.49. The minimum atomic E-state index is -0.521. The van der Waals surface area contributed by atoms with E-state index < -0.39 is 5.41 Å². The first-order valence-electron chi connectivity index (χ1n) is 13.7. The van der Waals surface area contributed by atoms with E-state index in [1.54, 1.807) is 0 Å². The molecule has 1 spiro atoms. The number of benzene rings is 6. The van der Waals surface area contributed by atoms with E-state index in [0.717, 1.165) is 22.3 Å². The van der Waals surface area contributed by atoms with Crippen molar-refractivity contribution < 1.29 is 0 Å². The van der Waals surface area contributed by atoms with Crippen molar-refractivity contribution in [3.63, 3.8) is 0 Å². The zero-order chi connectivity index (χ0) is 27.6. The summed E-state index contributed by atoms with van der Waals surface area (Å²) in [4.78, 5) is 0. The average Bonchev–Trinajstić information content (AvgIpc) is 3.51. The summed E-state index contributed by atoms with van der Waals surface area (Å²) in [6.07, 6.45) is 0. The molecular formula is C39H22N2. The fourth-order valence-electron chi connectivity index (χ4n) is 7.14. The van der Waals surface area contributed by atoms with E-state index in [4.69, 9.17) is 0 Å². The molecule has 41 heavy (non-hydrogen) atoms. The van der Waals surface area contributed by atoms with Gasteiger partial charge in [0.25, 0.3) is 0 Å². The maximum atomic E-state index is 9.89. The van der Waals surface area contributed by atoms with E-state index in [2.05, 4.69) is 97.1 Å². The van der Waals surface area contributed by atoms with Crippen molar-refractivity contribution >= 4 is 0 Å². The highest BCUT2D eigenvalue weighted by Crippen LogP contribution is 2.63. The highest BCUT2D eigenvalue weighted by molar-refractivity contribution is 5.97. The highest BCUT2D eigenvalue weighted by Gasteiger charge is 2.51. The second-order valence-corrected chi connectivity index (χ2v) is 10.7. The Bertz CT molecular complexity index is 1980. The number of fused-ring (bicyclic) bond motifs is 10. The molecule has 0 amide bonds. The zero-order valence-corrected chi connectivity index (χ0v) is 22.1. The molecular weight excluding hydrogens is 496 g/mol. The average molecular weight is 519 g/mol. The fourth-order valence-corrected chi connectivity index (χ4v) is 7.14. The minimum Gasteiger partial charge on any atom is -0.192 e. The number of rotatable bonds is 2. The molecule has 0 saturated carbocycles. The Morgan fingerprint density at radius 1 is 0.366 bits per heavy atom. The van der Waals surface area contributed by atoms with Crippen LogP contribution in [0.25, 0.3) is 44.5 Å². The van der Waals surface area contributed by atoms with Crippen LogP contribution < -0.4 is 0 Å². The van der Waals surface area contributed by atoms with E-state index in [1.807, 2.05) is 48.5 Å². The van der Waals surface area contributed by atoms with Crippen molar-refractivity contribution in [3.05, 3.63) is 167 Å². The summed E-state index contributed by atoms with van der Waals surface area (Å²) in [5.74, 6) is 0. The molecule has 2 aliphatic carbocycles. The van der Waals surface area contributed by atoms with Gasteiger partial charge < -0.3 is 0 Å². The van der Waals surface area contributed by atoms with Crippen LogP contribution in [-0.2, 0) is 5.41 Å². The van der Waals surface area contributed by atoms with Gasteiger partial charge in [0.1, 0.15) is 0 Å². The van der Waals surface area contributed by atoms with Crippen molar-refractivity contribution in [1.29, 1.82) is 10.5 Å². The van der Waals surface area contributed by atoms with E-state index in [0.29, 0.717) is 11.1 Å². The van der Waals surface area contributed by atoms with Gasteiger partial charge in [0.15, 0.2) is 0 Å². The van der Waals surface area contributed by atoms with E-state index in [9.17, 15) is 10.5 Å². The molecule has 0 aliphatic heterocycles. The maximum absolute atomic E-state index is 9.89. The van der Waals surface area contributed by atoms with Gasteiger partial charge in [-0.05, 0) is 91.0 Å². The van der Waals surface area contributed by atoms with Crippen LogP contribution in [0.2, 0.25) is 0 Å². The van der Waals surface area contributed by atoms with Gasteiger partial charge in [-0.1, -0.05) is 109 Å². The van der Waals surface area contributed by atoms with Gasteiger partial charge in [0.05, 0.1) is 28.7 Å². The molecule has 2 aliphatic rings. The van der Waals surface area contributed by atoms with Crippen molar-refractivity contribution in [1.82, 2.24) is 0 Å². The molecule has 0 aromatic heterocycles. The molecule has 0 bridgehead atoms. The van der Waals surface area contributed by atoms with Crippen molar-refractivity contribution in [2.24, 2.45) is 0 Å². The smallest absolute Gasteiger partial charge is 0.0998 e. The fraction of sp³-hybridized carbons (Fsp3) is 0.0256. The van der Waals surface area contributed by atoms with Crippen LogP contribution in [0.5, 0.6) is 0 Å². The predicted molar refractivity (Wildman–Crippen MR) is 163 cm³/mol. The van der Waals surface area contributed by atoms with Gasteiger partial charge in [-0.3, -0.25) is 0 Å². The van der Waals surface area contributed by atoms with Gasteiger partial charge in [-0.25, -0.2) is 0 Å². The third kappa shape index (κ3) is 3.05. The third-order valence-corrected chi connectivity index (χ3v) is 8.81. The summed E-state index contributed by atoms with van der Waals surface area (Å²) in [6, 6.07) is 51.2. The lowest BCUT2D eigenvalue weighted by Gasteiger charge is -2.31. The zero-order valence-electron chi connectivity index (χ0n) is 22.1. The molecule has 8 rings (SSSR count). The van der Waals surface area contributed by atoms with Gasteiger partial charge in [-0.2, -0.15) is 10.5 Å². The molecule has 0 fully saturated rings. The van der Waals surface area contributed by atoms with Crippen molar-refractivity contribution in [2.45, 2.75) is 5.41 Å². The SMILES string of the molecule is N#Cc1ccccc1-c1ccc2c(c1)C1(c3ccccc3-c3ccccc31)c1cc(-c3ccccc3C#N)ccc1-2. The van der Waals surface area contributed by atoms with Gasteiger partial charge in [-0.15, -0.1) is 0 Å². The standard InChI is InChI=1S/C39H22N2/c40-23-27-9-1-3-11-29(27)25-17-19-33-34-20-18-26(30-12-4-2-10-28(30)24-41)22-38(34)39(37(33)21-25)35-15-7-5-13-31(35)32-14-6-8-16-36(32)39/h1-22H. The first-order valence-corrected chi connectivity index (χ1v) is 13.7. The molecule has 0 unspecified atom stereocenters. The Morgan fingerprint density at radius 2 is 0.732 bits per heavy atom. The Kier molecular flexibility index (Phi) is 4.90. The summed E-state index contributed by atoms with van der Waals surface area (Å²) in [5, 5.41) is 19.8. The quantitative estimate of drug-likeness (QED) is 0.229. The largest absolute Gasteiger partial charge is 0.192 e. The summed E-state index contributed by atoms with van der Waals surface area (Å²) in [5.41, 5.74) is 14.6. The molecule has 0 saturated heterocycles. The molecule has 6 aromatic rings. The number of hydrogen-bond donors (Lipinski definition) is 0. The van der Waals surface area contributed by atoms with Crippen LogP contribution in [-0.4, -0.2) is 0 Å². The molecule has 6 aromatic carbocycles. The summed E-state index contributed by atoms with van der Waals surface area (Å²) >= 11 is 0. The number of hydrogen-bond acceptors (Lipinski definition) is 2. The molecule has 2 nitrogen and oxygen atoms in total. The van der Waals surface area contributed by atoms with Crippen LogP contribution in [0, 0.1) is 22.7 Å². The normalized spacial score (nSPS) is 13.0. The predicted octanol–water partition coefficient (Wildman–Crippen LogP) is 9.11. The first kappa shape index (κ1) is 23.2. The molecule has 188 valence electrons. The second kappa shape index (κ2) is 8.65. The van der Waals surface area contributed by atoms with Gasteiger partial charge >= 0.3 is 0 Å². The van der Waals surface area contributed by atoms with Crippen molar-refractivity contribution in [3.8, 4) is 56.6 Å². The Hall–Kier alpha value is -5.70. The van der Waals surface area contributed by atoms with Crippen LogP contribution in [0.3, 0.4) is 0 Å². The monoisotopic (exact) mass is 518 g/mol. The van der Waals surface area contributed by atoms with Crippen LogP contribution in [0.15, 0.2) is 133 Å². The van der Waals surface area contributed by atoms with Gasteiger partial charge in [0.2, 0.25) is 0 Å². The molecule has 0 atom stereocenters. The number of nitriles is 2. The van der Waals surface area contributed by atoms with Crippen LogP contribution >= 0.6 is 0 Å². The Morgan fingerprint density at radius 3 is 1.17 bits per heavy atom. The minimum absolute atomic E-state index is 0.521. The van der Waals surface area contributed by atoms with E-state index >= 15 is 0 Å². The van der Waals surface area contributed by atoms with Crippen molar-refractivity contribution in [2.75, 3.05) is 0 Å². The van der Waals surface area contributed by atoms with Crippen LogP contribution in [0.4, 0.5) is 0 Å². The van der Waals surface area contributed by atoms with E-state index in [1.165, 1.54) is 44.5 Å². The topological polar surface area (TPSA) is 47.6 Å². The second-order valence-electron chi connectivity index (χ2n) is 10.7. The Labute approximate surface area is 239 Å². The molecule has 2 heteroatoms.